The summed E-state index contributed by atoms with van der Waals surface area (Å²) in [5.41, 5.74) is 7.36. The van der Waals surface area contributed by atoms with E-state index < -0.39 is 11.7 Å². The molecule has 1 atom stereocenters. The Morgan fingerprint density at radius 1 is 1.13 bits per heavy atom. The molecule has 1 unspecified atom stereocenters. The van der Waals surface area contributed by atoms with Gasteiger partial charge < -0.3 is 15.8 Å². The predicted octanol–water partition coefficient (Wildman–Crippen LogP) is 3.78. The number of aromatic nitrogens is 4. The van der Waals surface area contributed by atoms with Crippen molar-refractivity contribution in [2.75, 3.05) is 19.4 Å². The highest BCUT2D eigenvalue weighted by Crippen LogP contribution is 2.30. The van der Waals surface area contributed by atoms with E-state index in [9.17, 15) is 13.2 Å². The minimum Gasteiger partial charge on any atom is -0.494 e. The van der Waals surface area contributed by atoms with Crippen LogP contribution in [0.3, 0.4) is 0 Å². The van der Waals surface area contributed by atoms with E-state index >= 15 is 0 Å². The van der Waals surface area contributed by atoms with E-state index in [1.807, 2.05) is 19.1 Å². The minimum atomic E-state index is -4.34. The van der Waals surface area contributed by atoms with Gasteiger partial charge in [-0.2, -0.15) is 17.7 Å². The molecule has 0 aliphatic heterocycles. The number of alkyl halides is 3. The van der Waals surface area contributed by atoms with Crippen LogP contribution < -0.4 is 15.8 Å². The van der Waals surface area contributed by atoms with Crippen LogP contribution in [0.4, 0.5) is 19.1 Å². The zero-order valence-electron chi connectivity index (χ0n) is 16.9. The number of nitrogen functional groups attached to an aromatic ring is 1. The number of nitrogens with two attached hydrogens (primary N) is 1. The highest BCUT2D eigenvalue weighted by atomic mass is 19.4. The molecular formula is C21H21F3N6O. The Balaban J connectivity index is 1.48. The zero-order valence-corrected chi connectivity index (χ0v) is 16.9. The van der Waals surface area contributed by atoms with Gasteiger partial charge in [-0.05, 0) is 36.8 Å². The molecule has 0 aliphatic carbocycles. The Morgan fingerprint density at radius 3 is 2.55 bits per heavy atom. The zero-order chi connectivity index (χ0) is 22.2. The van der Waals surface area contributed by atoms with E-state index in [1.54, 1.807) is 13.2 Å². The van der Waals surface area contributed by atoms with Crippen molar-refractivity contribution in [3.8, 4) is 5.75 Å². The van der Waals surface area contributed by atoms with Gasteiger partial charge in [0, 0.05) is 24.4 Å². The molecule has 7 nitrogen and oxygen atoms in total. The number of nitrogens with zero attached hydrogens (tertiary/aromatic N) is 4. The first kappa shape index (κ1) is 20.9. The summed E-state index contributed by atoms with van der Waals surface area (Å²) in [6, 6.07) is 10.5. The van der Waals surface area contributed by atoms with Gasteiger partial charge in [0.15, 0.2) is 11.5 Å². The number of nitrogens with one attached hydrogen (secondary N) is 1. The normalized spacial score (nSPS) is 13.1. The molecule has 0 radical (unpaired) electrons. The molecule has 2 heterocycles. The molecule has 162 valence electrons. The molecule has 0 aliphatic rings. The quantitative estimate of drug-likeness (QED) is 0.484. The van der Waals surface area contributed by atoms with Crippen LogP contribution in [0.1, 0.15) is 29.9 Å². The first-order chi connectivity index (χ1) is 14.8. The molecular weight excluding hydrogens is 409 g/mol. The van der Waals surface area contributed by atoms with Gasteiger partial charge in [0.05, 0.1) is 12.7 Å². The van der Waals surface area contributed by atoms with Crippen molar-refractivity contribution in [3.05, 3.63) is 59.4 Å². The first-order valence-corrected chi connectivity index (χ1v) is 9.66. The van der Waals surface area contributed by atoms with Gasteiger partial charge in [0.2, 0.25) is 5.95 Å². The number of fused-ring (bicyclic) bond motifs is 3. The lowest BCUT2D eigenvalue weighted by Gasteiger charge is -2.15. The Labute approximate surface area is 176 Å². The van der Waals surface area contributed by atoms with Crippen LogP contribution in [0.2, 0.25) is 0 Å². The maximum Gasteiger partial charge on any atom is 0.416 e. The van der Waals surface area contributed by atoms with E-state index in [4.69, 9.17) is 10.5 Å². The number of para-hydroxylation sites is 1. The lowest BCUT2D eigenvalue weighted by atomic mass is 10.1. The Kier molecular flexibility index (Phi) is 5.40. The Morgan fingerprint density at radius 2 is 1.87 bits per heavy atom. The van der Waals surface area contributed by atoms with Crippen molar-refractivity contribution in [1.82, 2.24) is 24.9 Å². The third-order valence-electron chi connectivity index (χ3n) is 5.09. The van der Waals surface area contributed by atoms with Gasteiger partial charge in [-0.3, -0.25) is 0 Å². The summed E-state index contributed by atoms with van der Waals surface area (Å²) in [4.78, 5) is 8.97. The van der Waals surface area contributed by atoms with Gasteiger partial charge in [-0.1, -0.05) is 18.2 Å². The summed E-state index contributed by atoms with van der Waals surface area (Å²) >= 11 is 0. The van der Waals surface area contributed by atoms with Gasteiger partial charge in [0.1, 0.15) is 11.3 Å². The minimum absolute atomic E-state index is 0.129. The molecule has 31 heavy (non-hydrogen) atoms. The summed E-state index contributed by atoms with van der Waals surface area (Å²) in [5, 5.41) is 8.50. The number of benzene rings is 2. The van der Waals surface area contributed by atoms with Crippen molar-refractivity contribution in [3.63, 3.8) is 0 Å². The predicted molar refractivity (Wildman–Crippen MR) is 111 cm³/mol. The van der Waals surface area contributed by atoms with E-state index in [2.05, 4.69) is 20.4 Å². The summed E-state index contributed by atoms with van der Waals surface area (Å²) in [6.45, 7) is 2.43. The van der Waals surface area contributed by atoms with Crippen molar-refractivity contribution in [2.45, 2.75) is 25.6 Å². The van der Waals surface area contributed by atoms with E-state index in [0.717, 1.165) is 23.1 Å². The number of halogens is 3. The summed E-state index contributed by atoms with van der Waals surface area (Å²) in [5.74, 6) is 1.39. The molecule has 4 rings (SSSR count). The number of methoxy groups -OCH3 is 1. The largest absolute Gasteiger partial charge is 0.494 e. The summed E-state index contributed by atoms with van der Waals surface area (Å²) in [6.07, 6.45) is -3.83. The summed E-state index contributed by atoms with van der Waals surface area (Å²) < 4.78 is 45.0. The first-order valence-electron chi connectivity index (χ1n) is 9.66. The molecule has 0 spiro atoms. The summed E-state index contributed by atoms with van der Waals surface area (Å²) in [7, 11) is 1.57. The van der Waals surface area contributed by atoms with Crippen molar-refractivity contribution >= 4 is 22.5 Å². The van der Waals surface area contributed by atoms with Crippen LogP contribution in [-0.4, -0.2) is 33.2 Å². The number of rotatable bonds is 6. The molecule has 3 N–H and O–H groups in total. The average molecular weight is 430 g/mol. The molecule has 10 heteroatoms. The molecule has 0 saturated heterocycles. The van der Waals surface area contributed by atoms with Gasteiger partial charge in [-0.25, -0.2) is 9.97 Å². The average Bonchev–Trinajstić information content (AvgIpc) is 3.18. The van der Waals surface area contributed by atoms with E-state index in [1.165, 1.54) is 16.6 Å². The highest BCUT2D eigenvalue weighted by Gasteiger charge is 2.30. The molecule has 2 aromatic carbocycles. The third kappa shape index (κ3) is 4.11. The standard InChI is InChI=1S/C21H21F3N6O/c1-12(13-6-8-14(9-7-13)21(22,23)24)26-11-10-17-27-19-15-4-3-5-16(31-2)18(15)28-20(25)30(19)29-17/h3-9,12,26H,10-11H2,1-2H3,(H2,25,28). The van der Waals surface area contributed by atoms with Gasteiger partial charge >= 0.3 is 6.18 Å². The topological polar surface area (TPSA) is 90.4 Å². The van der Waals surface area contributed by atoms with Gasteiger partial charge in [0.25, 0.3) is 0 Å². The number of anilines is 1. The van der Waals surface area contributed by atoms with Crippen LogP contribution in [0, 0.1) is 0 Å². The van der Waals surface area contributed by atoms with Crippen molar-refractivity contribution < 1.29 is 17.9 Å². The Bertz CT molecular complexity index is 1220. The lowest BCUT2D eigenvalue weighted by Crippen LogP contribution is -2.22. The second kappa shape index (κ2) is 8.03. The van der Waals surface area contributed by atoms with Crippen molar-refractivity contribution in [1.29, 1.82) is 0 Å². The monoisotopic (exact) mass is 430 g/mol. The molecule has 0 fully saturated rings. The number of hydrogen-bond acceptors (Lipinski definition) is 6. The molecule has 0 amide bonds. The van der Waals surface area contributed by atoms with E-state index in [0.29, 0.717) is 35.7 Å². The maximum absolute atomic E-state index is 12.7. The second-order valence-corrected chi connectivity index (χ2v) is 7.14. The fourth-order valence-corrected chi connectivity index (χ4v) is 3.42. The fourth-order valence-electron chi connectivity index (χ4n) is 3.42. The van der Waals surface area contributed by atoms with Crippen LogP contribution in [0.25, 0.3) is 16.6 Å². The molecule has 0 bridgehead atoms. The SMILES string of the molecule is COc1cccc2c1nc(N)n1nc(CCNC(C)c3ccc(C(F)(F)F)cc3)nc21. The van der Waals surface area contributed by atoms with Crippen LogP contribution in [0.5, 0.6) is 5.75 Å². The smallest absolute Gasteiger partial charge is 0.416 e. The molecule has 0 saturated carbocycles. The van der Waals surface area contributed by atoms with E-state index in [-0.39, 0.29) is 12.0 Å². The molecule has 2 aromatic heterocycles. The molecule has 4 aromatic rings. The number of hydrogen-bond donors (Lipinski definition) is 2. The second-order valence-electron chi connectivity index (χ2n) is 7.14. The number of ether oxygens (including phenoxy) is 1. The van der Waals surface area contributed by atoms with Crippen LogP contribution in [-0.2, 0) is 12.6 Å². The fraction of sp³-hybridized carbons (Fsp3) is 0.286. The van der Waals surface area contributed by atoms with Crippen LogP contribution >= 0.6 is 0 Å². The van der Waals surface area contributed by atoms with Crippen LogP contribution in [0.15, 0.2) is 42.5 Å². The maximum atomic E-state index is 12.7. The third-order valence-corrected chi connectivity index (χ3v) is 5.09. The Hall–Kier alpha value is -3.40. The highest BCUT2D eigenvalue weighted by molar-refractivity contribution is 5.95. The van der Waals surface area contributed by atoms with Crippen molar-refractivity contribution in [2.24, 2.45) is 0 Å². The lowest BCUT2D eigenvalue weighted by molar-refractivity contribution is -0.137. The van der Waals surface area contributed by atoms with Gasteiger partial charge in [-0.15, -0.1) is 5.10 Å².